The number of unbranched alkanes of at least 4 members (excludes halogenated alkanes) is 19. The highest BCUT2D eigenvalue weighted by atomic mass is 16.6. The molecule has 0 aromatic carbocycles. The minimum atomic E-state index is -0.744. The molecule has 0 aliphatic heterocycles. The van der Waals surface area contributed by atoms with Gasteiger partial charge in [-0.2, -0.15) is 0 Å². The molecule has 0 atom stereocenters. The Hall–Kier alpha value is -1.39. The predicted molar refractivity (Wildman–Crippen MR) is 135 cm³/mol. The normalized spacial score (nSPS) is 10.9. The molecule has 0 bridgehead atoms. The largest absolute Gasteiger partial charge is 0.481 e. The summed E-state index contributed by atoms with van der Waals surface area (Å²) in [5.74, 6) is -1.54. The second-order valence-corrected chi connectivity index (χ2v) is 9.56. The maximum Gasteiger partial charge on any atom is 0.313 e. The topological polar surface area (TPSA) is 80.7 Å². The lowest BCUT2D eigenvalue weighted by Crippen LogP contribution is -2.11. The standard InChI is InChI=1S/C28H52O5/c1-2-3-4-5-6-7-8-9-10-11-12-13-14-18-21-24-27(31)33-28(32)25-22-19-16-15-17-20-23-26(29)30/h2-25H2,1H3,(H,29,30). The first kappa shape index (κ1) is 31.6. The molecule has 0 radical (unpaired) electrons. The van der Waals surface area contributed by atoms with Crippen LogP contribution in [0.3, 0.4) is 0 Å². The van der Waals surface area contributed by atoms with Crippen molar-refractivity contribution in [3.8, 4) is 0 Å². The average Bonchev–Trinajstić information content (AvgIpc) is 2.78. The Labute approximate surface area is 203 Å². The van der Waals surface area contributed by atoms with Crippen LogP contribution in [0.1, 0.15) is 161 Å². The minimum absolute atomic E-state index is 0.230. The Morgan fingerprint density at radius 2 is 0.727 bits per heavy atom. The van der Waals surface area contributed by atoms with Crippen LogP contribution in [0.25, 0.3) is 0 Å². The molecule has 0 fully saturated rings. The van der Waals surface area contributed by atoms with Crippen LogP contribution in [0.5, 0.6) is 0 Å². The summed E-state index contributed by atoms with van der Waals surface area (Å²) < 4.78 is 4.90. The summed E-state index contributed by atoms with van der Waals surface area (Å²) in [7, 11) is 0. The summed E-state index contributed by atoms with van der Waals surface area (Å²) in [5, 5.41) is 8.57. The number of rotatable bonds is 25. The molecule has 5 heteroatoms. The van der Waals surface area contributed by atoms with Crippen LogP contribution in [0, 0.1) is 0 Å². The number of carboxylic acids is 1. The summed E-state index contributed by atoms with van der Waals surface area (Å²) in [6.07, 6.45) is 25.4. The van der Waals surface area contributed by atoms with Crippen LogP contribution >= 0.6 is 0 Å². The third-order valence-electron chi connectivity index (χ3n) is 6.23. The van der Waals surface area contributed by atoms with Crippen molar-refractivity contribution in [2.24, 2.45) is 0 Å². The fourth-order valence-corrected chi connectivity index (χ4v) is 4.12. The third-order valence-corrected chi connectivity index (χ3v) is 6.23. The number of hydrogen-bond donors (Lipinski definition) is 1. The lowest BCUT2D eigenvalue weighted by molar-refractivity contribution is -0.159. The second-order valence-electron chi connectivity index (χ2n) is 9.56. The zero-order valence-corrected chi connectivity index (χ0v) is 21.6. The van der Waals surface area contributed by atoms with Gasteiger partial charge in [-0.3, -0.25) is 14.4 Å². The molecule has 0 spiro atoms. The molecule has 5 nitrogen and oxygen atoms in total. The van der Waals surface area contributed by atoms with Gasteiger partial charge in [0.15, 0.2) is 0 Å². The Morgan fingerprint density at radius 1 is 0.455 bits per heavy atom. The number of carbonyl (C=O) groups is 3. The summed E-state index contributed by atoms with van der Waals surface area (Å²) in [4.78, 5) is 33.9. The zero-order chi connectivity index (χ0) is 24.4. The van der Waals surface area contributed by atoms with Crippen LogP contribution in [0.2, 0.25) is 0 Å². The van der Waals surface area contributed by atoms with E-state index in [4.69, 9.17) is 9.84 Å². The highest BCUT2D eigenvalue weighted by Crippen LogP contribution is 2.14. The molecule has 0 aliphatic rings. The van der Waals surface area contributed by atoms with Crippen LogP contribution < -0.4 is 0 Å². The molecule has 0 rings (SSSR count). The van der Waals surface area contributed by atoms with Gasteiger partial charge in [0.25, 0.3) is 0 Å². The molecule has 0 unspecified atom stereocenters. The van der Waals surface area contributed by atoms with Gasteiger partial charge in [0, 0.05) is 19.3 Å². The number of hydrogen-bond acceptors (Lipinski definition) is 4. The number of esters is 2. The van der Waals surface area contributed by atoms with Crippen molar-refractivity contribution >= 4 is 17.9 Å². The minimum Gasteiger partial charge on any atom is -0.481 e. The summed E-state index contributed by atoms with van der Waals surface area (Å²) in [6, 6.07) is 0. The van der Waals surface area contributed by atoms with Crippen molar-refractivity contribution in [3.05, 3.63) is 0 Å². The van der Waals surface area contributed by atoms with Crippen molar-refractivity contribution in [1.82, 2.24) is 0 Å². The number of carboxylic acid groups (broad SMARTS) is 1. The molecular weight excluding hydrogens is 416 g/mol. The first-order chi connectivity index (χ1) is 16.1. The van der Waals surface area contributed by atoms with Gasteiger partial charge in [-0.25, -0.2) is 0 Å². The van der Waals surface area contributed by atoms with Gasteiger partial charge < -0.3 is 9.84 Å². The maximum absolute atomic E-state index is 11.8. The van der Waals surface area contributed by atoms with E-state index >= 15 is 0 Å². The van der Waals surface area contributed by atoms with Crippen LogP contribution in [0.4, 0.5) is 0 Å². The lowest BCUT2D eigenvalue weighted by atomic mass is 10.0. The highest BCUT2D eigenvalue weighted by Gasteiger charge is 2.10. The Bertz CT molecular complexity index is 475. The molecule has 0 saturated carbocycles. The van der Waals surface area contributed by atoms with Crippen molar-refractivity contribution < 1.29 is 24.2 Å². The van der Waals surface area contributed by atoms with Crippen LogP contribution in [-0.2, 0) is 19.1 Å². The fraction of sp³-hybridized carbons (Fsp3) is 0.893. The molecule has 1 N–H and O–H groups in total. The second kappa shape index (κ2) is 25.2. The summed E-state index contributed by atoms with van der Waals surface area (Å²) >= 11 is 0. The predicted octanol–water partition coefficient (Wildman–Crippen LogP) is 8.52. The summed E-state index contributed by atoms with van der Waals surface area (Å²) in [5.41, 5.74) is 0. The average molecular weight is 469 g/mol. The van der Waals surface area contributed by atoms with E-state index in [0.29, 0.717) is 19.3 Å². The fourth-order valence-electron chi connectivity index (χ4n) is 4.12. The van der Waals surface area contributed by atoms with E-state index < -0.39 is 11.9 Å². The highest BCUT2D eigenvalue weighted by molar-refractivity contribution is 5.85. The summed E-state index contributed by atoms with van der Waals surface area (Å²) in [6.45, 7) is 2.26. The van der Waals surface area contributed by atoms with Gasteiger partial charge in [-0.1, -0.05) is 122 Å². The number of aliphatic carboxylic acids is 1. The first-order valence-corrected chi connectivity index (χ1v) is 14.0. The van der Waals surface area contributed by atoms with E-state index in [1.54, 1.807) is 0 Å². The molecule has 0 aromatic heterocycles. The van der Waals surface area contributed by atoms with Crippen molar-refractivity contribution in [1.29, 1.82) is 0 Å². The van der Waals surface area contributed by atoms with Gasteiger partial charge in [0.1, 0.15) is 0 Å². The van der Waals surface area contributed by atoms with E-state index in [9.17, 15) is 14.4 Å². The number of ether oxygens (including phenoxy) is 1. The van der Waals surface area contributed by atoms with E-state index in [2.05, 4.69) is 6.92 Å². The van der Waals surface area contributed by atoms with Gasteiger partial charge >= 0.3 is 17.9 Å². The SMILES string of the molecule is CCCCCCCCCCCCCCCCCC(=O)OC(=O)CCCCCCCCC(=O)O. The monoisotopic (exact) mass is 468 g/mol. The molecular formula is C28H52O5. The van der Waals surface area contributed by atoms with E-state index in [1.807, 2.05) is 0 Å². The van der Waals surface area contributed by atoms with Gasteiger partial charge in [-0.15, -0.1) is 0 Å². The lowest BCUT2D eigenvalue weighted by Gasteiger charge is -2.04. The van der Waals surface area contributed by atoms with E-state index in [0.717, 1.165) is 51.4 Å². The van der Waals surface area contributed by atoms with Gasteiger partial charge in [0.2, 0.25) is 0 Å². The third kappa shape index (κ3) is 26.7. The first-order valence-electron chi connectivity index (χ1n) is 14.0. The Balaban J connectivity index is 3.30. The van der Waals surface area contributed by atoms with Gasteiger partial charge in [0.05, 0.1) is 0 Å². The van der Waals surface area contributed by atoms with Crippen LogP contribution in [-0.4, -0.2) is 23.0 Å². The van der Waals surface area contributed by atoms with E-state index in [1.165, 1.54) is 77.0 Å². The van der Waals surface area contributed by atoms with Crippen LogP contribution in [0.15, 0.2) is 0 Å². The Morgan fingerprint density at radius 3 is 1.03 bits per heavy atom. The molecule has 194 valence electrons. The smallest absolute Gasteiger partial charge is 0.313 e. The molecule has 0 heterocycles. The van der Waals surface area contributed by atoms with Crippen molar-refractivity contribution in [3.63, 3.8) is 0 Å². The van der Waals surface area contributed by atoms with E-state index in [-0.39, 0.29) is 12.4 Å². The Kier molecular flexibility index (Phi) is 24.2. The molecule has 0 aromatic rings. The van der Waals surface area contributed by atoms with Crippen molar-refractivity contribution in [2.75, 3.05) is 0 Å². The van der Waals surface area contributed by atoms with Crippen molar-refractivity contribution in [2.45, 2.75) is 161 Å². The quantitative estimate of drug-likeness (QED) is 0.0824. The number of carbonyl (C=O) groups excluding carboxylic acids is 2. The molecule has 33 heavy (non-hydrogen) atoms. The van der Waals surface area contributed by atoms with Gasteiger partial charge in [-0.05, 0) is 19.3 Å². The molecule has 0 aliphatic carbocycles. The molecule has 0 saturated heterocycles. The zero-order valence-electron chi connectivity index (χ0n) is 21.6. The maximum atomic E-state index is 11.8. The molecule has 0 amide bonds.